The highest BCUT2D eigenvalue weighted by molar-refractivity contribution is 5.93. The van der Waals surface area contributed by atoms with Crippen molar-refractivity contribution in [3.8, 4) is 0 Å². The first-order valence-electron chi connectivity index (χ1n) is 9.81. The summed E-state index contributed by atoms with van der Waals surface area (Å²) in [4.78, 5) is 17.0. The molecule has 1 aromatic carbocycles. The molecular formula is C21H35NO2. The van der Waals surface area contributed by atoms with E-state index in [2.05, 4.69) is 12.4 Å². The Morgan fingerprint density at radius 3 is 1.83 bits per heavy atom. The summed E-state index contributed by atoms with van der Waals surface area (Å²) in [6.07, 6.45) is 15.9. The van der Waals surface area contributed by atoms with Crippen molar-refractivity contribution in [2.75, 3.05) is 6.61 Å². The Kier molecular flexibility index (Phi) is 13.1. The lowest BCUT2D eigenvalue weighted by molar-refractivity contribution is 0.0297. The van der Waals surface area contributed by atoms with Crippen molar-refractivity contribution in [2.45, 2.75) is 84.0 Å². The van der Waals surface area contributed by atoms with Crippen LogP contribution in [0.2, 0.25) is 0 Å². The average molecular weight is 334 g/mol. The molecule has 1 aromatic rings. The van der Waals surface area contributed by atoms with Crippen LogP contribution in [-0.4, -0.2) is 12.5 Å². The largest absolute Gasteiger partial charge is 0.274 e. The van der Waals surface area contributed by atoms with E-state index in [0.29, 0.717) is 12.2 Å². The Hall–Kier alpha value is -1.35. The van der Waals surface area contributed by atoms with Gasteiger partial charge in [0.1, 0.15) is 0 Å². The number of unbranched alkanes of at least 4 members (excludes halogenated alkanes) is 11. The number of carbonyl (C=O) groups is 1. The Balaban J connectivity index is 1.80. The van der Waals surface area contributed by atoms with Gasteiger partial charge in [-0.2, -0.15) is 0 Å². The van der Waals surface area contributed by atoms with E-state index >= 15 is 0 Å². The number of hydrogen-bond donors (Lipinski definition) is 1. The number of hydroxylamine groups is 1. The van der Waals surface area contributed by atoms with Gasteiger partial charge >= 0.3 is 0 Å². The summed E-state index contributed by atoms with van der Waals surface area (Å²) >= 11 is 0. The fourth-order valence-corrected chi connectivity index (χ4v) is 2.78. The molecule has 0 saturated heterocycles. The number of amides is 1. The smallest absolute Gasteiger partial charge is 0.273 e. The molecule has 0 fully saturated rings. The van der Waals surface area contributed by atoms with Gasteiger partial charge in [-0.25, -0.2) is 5.48 Å². The van der Waals surface area contributed by atoms with Crippen LogP contribution in [0.15, 0.2) is 30.3 Å². The molecule has 0 aliphatic carbocycles. The van der Waals surface area contributed by atoms with Crippen LogP contribution in [0.3, 0.4) is 0 Å². The average Bonchev–Trinajstić information content (AvgIpc) is 2.62. The van der Waals surface area contributed by atoms with Crippen LogP contribution in [-0.2, 0) is 4.84 Å². The van der Waals surface area contributed by atoms with Crippen LogP contribution in [0.5, 0.6) is 0 Å². The molecule has 3 heteroatoms. The van der Waals surface area contributed by atoms with E-state index < -0.39 is 0 Å². The summed E-state index contributed by atoms with van der Waals surface area (Å²) in [5, 5.41) is 0. The van der Waals surface area contributed by atoms with Gasteiger partial charge in [0.05, 0.1) is 6.61 Å². The van der Waals surface area contributed by atoms with Crippen LogP contribution < -0.4 is 5.48 Å². The second kappa shape index (κ2) is 15.2. The van der Waals surface area contributed by atoms with E-state index in [1.165, 1.54) is 70.6 Å². The lowest BCUT2D eigenvalue weighted by atomic mass is 10.1. The number of hydrogen-bond acceptors (Lipinski definition) is 2. The molecule has 0 aliphatic rings. The predicted molar refractivity (Wildman–Crippen MR) is 101 cm³/mol. The highest BCUT2D eigenvalue weighted by atomic mass is 16.6. The molecule has 0 unspecified atom stereocenters. The molecule has 1 N–H and O–H groups in total. The molecule has 1 amide bonds. The Labute approximate surface area is 148 Å². The molecular weight excluding hydrogens is 298 g/mol. The first kappa shape index (κ1) is 20.7. The normalized spacial score (nSPS) is 10.7. The van der Waals surface area contributed by atoms with Crippen molar-refractivity contribution in [2.24, 2.45) is 0 Å². The third kappa shape index (κ3) is 11.2. The van der Waals surface area contributed by atoms with Crippen molar-refractivity contribution in [1.29, 1.82) is 0 Å². The zero-order valence-electron chi connectivity index (χ0n) is 15.4. The van der Waals surface area contributed by atoms with Gasteiger partial charge in [-0.3, -0.25) is 9.63 Å². The van der Waals surface area contributed by atoms with Gasteiger partial charge in [-0.05, 0) is 18.6 Å². The first-order chi connectivity index (χ1) is 11.8. The van der Waals surface area contributed by atoms with Crippen molar-refractivity contribution < 1.29 is 9.63 Å². The summed E-state index contributed by atoms with van der Waals surface area (Å²) in [5.41, 5.74) is 3.13. The molecule has 0 bridgehead atoms. The third-order valence-corrected chi connectivity index (χ3v) is 4.30. The Bertz CT molecular complexity index is 406. The topological polar surface area (TPSA) is 38.3 Å². The van der Waals surface area contributed by atoms with Crippen molar-refractivity contribution in [3.05, 3.63) is 35.9 Å². The molecule has 0 aromatic heterocycles. The van der Waals surface area contributed by atoms with Crippen LogP contribution in [0.4, 0.5) is 0 Å². The van der Waals surface area contributed by atoms with Gasteiger partial charge in [-0.15, -0.1) is 0 Å². The zero-order valence-corrected chi connectivity index (χ0v) is 15.4. The maximum absolute atomic E-state index is 11.7. The second-order valence-corrected chi connectivity index (χ2v) is 6.53. The van der Waals surface area contributed by atoms with Gasteiger partial charge in [0, 0.05) is 5.56 Å². The summed E-state index contributed by atoms with van der Waals surface area (Å²) in [5.74, 6) is -0.172. The lowest BCUT2D eigenvalue weighted by Gasteiger charge is -2.06. The van der Waals surface area contributed by atoms with E-state index in [0.717, 1.165) is 6.42 Å². The highest BCUT2D eigenvalue weighted by Gasteiger charge is 2.03. The number of nitrogens with one attached hydrogen (secondary N) is 1. The minimum atomic E-state index is -0.172. The fraction of sp³-hybridized carbons (Fsp3) is 0.667. The molecule has 0 spiro atoms. The first-order valence-corrected chi connectivity index (χ1v) is 9.81. The standard InChI is InChI=1S/C21H35NO2/c1-2-3-4-5-6-7-8-9-10-11-12-16-19-24-22-21(23)20-17-14-13-15-18-20/h13-15,17-18H,2-12,16,19H2,1H3,(H,22,23). The van der Waals surface area contributed by atoms with Crippen LogP contribution in [0.1, 0.15) is 94.3 Å². The van der Waals surface area contributed by atoms with Crippen molar-refractivity contribution in [1.82, 2.24) is 5.48 Å². The molecule has 136 valence electrons. The SMILES string of the molecule is CCCCCCCCCCCCCCONC(=O)c1ccccc1. The van der Waals surface area contributed by atoms with Crippen molar-refractivity contribution >= 4 is 5.91 Å². The summed E-state index contributed by atoms with van der Waals surface area (Å²) in [7, 11) is 0. The van der Waals surface area contributed by atoms with E-state index in [1.807, 2.05) is 18.2 Å². The molecule has 0 aliphatic heterocycles. The third-order valence-electron chi connectivity index (χ3n) is 4.30. The molecule has 24 heavy (non-hydrogen) atoms. The molecule has 1 rings (SSSR count). The Morgan fingerprint density at radius 1 is 0.792 bits per heavy atom. The minimum Gasteiger partial charge on any atom is -0.273 e. The molecule has 0 saturated carbocycles. The Morgan fingerprint density at radius 2 is 1.29 bits per heavy atom. The summed E-state index contributed by atoms with van der Waals surface area (Å²) in [6.45, 7) is 2.86. The maximum Gasteiger partial charge on any atom is 0.274 e. The monoisotopic (exact) mass is 333 g/mol. The van der Waals surface area contributed by atoms with E-state index in [9.17, 15) is 4.79 Å². The number of benzene rings is 1. The predicted octanol–water partition coefficient (Wildman–Crippen LogP) is 6.05. The maximum atomic E-state index is 11.7. The fourth-order valence-electron chi connectivity index (χ4n) is 2.78. The quantitative estimate of drug-likeness (QED) is 0.313. The van der Waals surface area contributed by atoms with Crippen LogP contribution >= 0.6 is 0 Å². The number of carbonyl (C=O) groups excluding carboxylic acids is 1. The second-order valence-electron chi connectivity index (χ2n) is 6.53. The summed E-state index contributed by atoms with van der Waals surface area (Å²) < 4.78 is 0. The van der Waals surface area contributed by atoms with Gasteiger partial charge < -0.3 is 0 Å². The minimum absolute atomic E-state index is 0.172. The number of rotatable bonds is 15. The lowest BCUT2D eigenvalue weighted by Crippen LogP contribution is -2.24. The highest BCUT2D eigenvalue weighted by Crippen LogP contribution is 2.11. The van der Waals surface area contributed by atoms with Gasteiger partial charge in [0.15, 0.2) is 0 Å². The summed E-state index contributed by atoms with van der Waals surface area (Å²) in [6, 6.07) is 9.15. The van der Waals surface area contributed by atoms with E-state index in [-0.39, 0.29) is 5.91 Å². The zero-order chi connectivity index (χ0) is 17.3. The van der Waals surface area contributed by atoms with Gasteiger partial charge in [-0.1, -0.05) is 95.8 Å². The van der Waals surface area contributed by atoms with E-state index in [1.54, 1.807) is 12.1 Å². The molecule has 3 nitrogen and oxygen atoms in total. The molecule has 0 atom stereocenters. The van der Waals surface area contributed by atoms with Crippen LogP contribution in [0, 0.1) is 0 Å². The van der Waals surface area contributed by atoms with Gasteiger partial charge in [0.2, 0.25) is 0 Å². The van der Waals surface area contributed by atoms with Crippen molar-refractivity contribution in [3.63, 3.8) is 0 Å². The molecule has 0 radical (unpaired) electrons. The molecule has 0 heterocycles. The van der Waals surface area contributed by atoms with E-state index in [4.69, 9.17) is 4.84 Å². The van der Waals surface area contributed by atoms with Crippen LogP contribution in [0.25, 0.3) is 0 Å². The van der Waals surface area contributed by atoms with Gasteiger partial charge in [0.25, 0.3) is 5.91 Å².